The largest absolute Gasteiger partial charge is 0.380 e. The second-order valence-electron chi connectivity index (χ2n) is 6.73. The zero-order valence-electron chi connectivity index (χ0n) is 12.5. The van der Waals surface area contributed by atoms with Crippen LogP contribution in [0.2, 0.25) is 0 Å². The molecule has 0 radical (unpaired) electrons. The second-order valence-corrected chi connectivity index (χ2v) is 6.73. The number of aromatic nitrogens is 1. The van der Waals surface area contributed by atoms with Crippen LogP contribution in [0.5, 0.6) is 0 Å². The number of anilines is 2. The van der Waals surface area contributed by atoms with Gasteiger partial charge in [-0.15, -0.1) is 0 Å². The molecule has 1 aliphatic carbocycles. The van der Waals surface area contributed by atoms with Gasteiger partial charge in [0, 0.05) is 38.4 Å². The standard InChI is InChI=1S/C16H24N4/c1-11(2)19-5-6-20-14(10-19)9-17-15-7-13(12-3-4-12)8-18-16(15)20/h7-8,11-12,14,17H,3-6,9-10H2,1-2H3/t14-/m1/s1. The Hall–Kier alpha value is -1.29. The van der Waals surface area contributed by atoms with Crippen LogP contribution < -0.4 is 10.2 Å². The lowest BCUT2D eigenvalue weighted by atomic mass is 10.1. The molecule has 108 valence electrons. The highest BCUT2D eigenvalue weighted by molar-refractivity contribution is 5.70. The Morgan fingerprint density at radius 3 is 2.90 bits per heavy atom. The SMILES string of the molecule is CC(C)N1CCN2c3ncc(C4CC4)cc3NC[C@@H]2C1. The average molecular weight is 272 g/mol. The quantitative estimate of drug-likeness (QED) is 0.895. The van der Waals surface area contributed by atoms with Crippen molar-refractivity contribution in [2.45, 2.75) is 44.7 Å². The summed E-state index contributed by atoms with van der Waals surface area (Å²) in [6, 6.07) is 3.55. The highest BCUT2D eigenvalue weighted by Crippen LogP contribution is 2.42. The zero-order chi connectivity index (χ0) is 13.7. The van der Waals surface area contributed by atoms with E-state index in [2.05, 4.69) is 41.2 Å². The van der Waals surface area contributed by atoms with Gasteiger partial charge in [-0.2, -0.15) is 0 Å². The summed E-state index contributed by atoms with van der Waals surface area (Å²) in [6.07, 6.45) is 4.79. The van der Waals surface area contributed by atoms with Crippen LogP contribution in [0.3, 0.4) is 0 Å². The molecule has 4 rings (SSSR count). The number of hydrogen-bond acceptors (Lipinski definition) is 4. The molecule has 0 spiro atoms. The molecule has 4 heteroatoms. The Balaban J connectivity index is 1.58. The number of piperazine rings is 1. The van der Waals surface area contributed by atoms with Gasteiger partial charge >= 0.3 is 0 Å². The smallest absolute Gasteiger partial charge is 0.152 e. The minimum Gasteiger partial charge on any atom is -0.380 e. The summed E-state index contributed by atoms with van der Waals surface area (Å²) in [5.74, 6) is 1.96. The Kier molecular flexibility index (Phi) is 2.88. The van der Waals surface area contributed by atoms with Gasteiger partial charge in [0.15, 0.2) is 5.82 Å². The third-order valence-electron chi connectivity index (χ3n) is 4.98. The van der Waals surface area contributed by atoms with Crippen LogP contribution in [0.15, 0.2) is 12.3 Å². The van der Waals surface area contributed by atoms with Crippen molar-refractivity contribution in [2.75, 3.05) is 36.4 Å². The first-order valence-electron chi connectivity index (χ1n) is 7.97. The van der Waals surface area contributed by atoms with Gasteiger partial charge in [-0.25, -0.2) is 4.98 Å². The average Bonchev–Trinajstić information content (AvgIpc) is 3.30. The molecule has 1 atom stereocenters. The summed E-state index contributed by atoms with van der Waals surface area (Å²) in [5, 5.41) is 3.61. The molecule has 0 bridgehead atoms. The minimum absolute atomic E-state index is 0.568. The molecule has 2 fully saturated rings. The van der Waals surface area contributed by atoms with Gasteiger partial charge < -0.3 is 10.2 Å². The topological polar surface area (TPSA) is 31.4 Å². The summed E-state index contributed by atoms with van der Waals surface area (Å²) in [4.78, 5) is 9.87. The van der Waals surface area contributed by atoms with E-state index in [0.29, 0.717) is 12.1 Å². The third-order valence-corrected chi connectivity index (χ3v) is 4.98. The van der Waals surface area contributed by atoms with E-state index in [4.69, 9.17) is 4.98 Å². The van der Waals surface area contributed by atoms with Gasteiger partial charge in [-0.05, 0) is 44.2 Å². The molecule has 2 aliphatic heterocycles. The molecular formula is C16H24N4. The van der Waals surface area contributed by atoms with Gasteiger partial charge in [0.05, 0.1) is 11.7 Å². The fraction of sp³-hybridized carbons (Fsp3) is 0.688. The molecule has 4 nitrogen and oxygen atoms in total. The van der Waals surface area contributed by atoms with Crippen molar-refractivity contribution in [3.8, 4) is 0 Å². The van der Waals surface area contributed by atoms with E-state index in [0.717, 1.165) is 32.1 Å². The summed E-state index contributed by atoms with van der Waals surface area (Å²) in [7, 11) is 0. The predicted molar refractivity (Wildman–Crippen MR) is 82.5 cm³/mol. The van der Waals surface area contributed by atoms with Crippen LogP contribution in [0, 0.1) is 0 Å². The molecule has 1 N–H and O–H groups in total. The van der Waals surface area contributed by atoms with E-state index < -0.39 is 0 Å². The highest BCUT2D eigenvalue weighted by Gasteiger charge is 2.34. The van der Waals surface area contributed by atoms with Crippen molar-refractivity contribution in [1.82, 2.24) is 9.88 Å². The Bertz CT molecular complexity index is 509. The lowest BCUT2D eigenvalue weighted by Gasteiger charge is -2.46. The molecule has 1 saturated carbocycles. The van der Waals surface area contributed by atoms with Gasteiger partial charge in [0.1, 0.15) is 0 Å². The monoisotopic (exact) mass is 272 g/mol. The van der Waals surface area contributed by atoms with Crippen LogP contribution in [-0.4, -0.2) is 48.1 Å². The lowest BCUT2D eigenvalue weighted by molar-refractivity contribution is 0.182. The maximum atomic E-state index is 4.78. The predicted octanol–water partition coefficient (Wildman–Crippen LogP) is 2.28. The third kappa shape index (κ3) is 2.06. The van der Waals surface area contributed by atoms with Crippen molar-refractivity contribution < 1.29 is 0 Å². The minimum atomic E-state index is 0.568. The van der Waals surface area contributed by atoms with E-state index in [-0.39, 0.29) is 0 Å². The van der Waals surface area contributed by atoms with E-state index in [1.54, 1.807) is 0 Å². The second kappa shape index (κ2) is 4.62. The summed E-state index contributed by atoms with van der Waals surface area (Å²) in [5.41, 5.74) is 2.68. The van der Waals surface area contributed by atoms with Crippen molar-refractivity contribution in [2.24, 2.45) is 0 Å². The summed E-state index contributed by atoms with van der Waals surface area (Å²) >= 11 is 0. The van der Waals surface area contributed by atoms with E-state index >= 15 is 0 Å². The number of fused-ring (bicyclic) bond motifs is 3. The molecule has 1 aromatic heterocycles. The van der Waals surface area contributed by atoms with Gasteiger partial charge in [-0.3, -0.25) is 4.90 Å². The molecule has 20 heavy (non-hydrogen) atoms. The number of rotatable bonds is 2. The van der Waals surface area contributed by atoms with Crippen molar-refractivity contribution >= 4 is 11.5 Å². The molecule has 0 aromatic carbocycles. The van der Waals surface area contributed by atoms with Gasteiger partial charge in [0.2, 0.25) is 0 Å². The van der Waals surface area contributed by atoms with Crippen molar-refractivity contribution in [1.29, 1.82) is 0 Å². The number of pyridine rings is 1. The maximum absolute atomic E-state index is 4.78. The van der Waals surface area contributed by atoms with E-state index in [1.165, 1.54) is 29.9 Å². The summed E-state index contributed by atoms with van der Waals surface area (Å²) in [6.45, 7) is 9.04. The molecule has 3 aliphatic rings. The van der Waals surface area contributed by atoms with E-state index in [1.807, 2.05) is 0 Å². The van der Waals surface area contributed by atoms with Crippen LogP contribution in [0.4, 0.5) is 11.5 Å². The fourth-order valence-corrected chi connectivity index (χ4v) is 3.50. The van der Waals surface area contributed by atoms with Gasteiger partial charge in [0.25, 0.3) is 0 Å². The molecular weight excluding hydrogens is 248 g/mol. The molecule has 1 aromatic rings. The first-order valence-corrected chi connectivity index (χ1v) is 7.97. The van der Waals surface area contributed by atoms with Crippen LogP contribution in [0.25, 0.3) is 0 Å². The zero-order valence-corrected chi connectivity index (χ0v) is 12.5. The number of nitrogens with one attached hydrogen (secondary N) is 1. The normalized spacial score (nSPS) is 26.1. The Morgan fingerprint density at radius 1 is 1.30 bits per heavy atom. The van der Waals surface area contributed by atoms with Crippen LogP contribution in [-0.2, 0) is 0 Å². The fourth-order valence-electron chi connectivity index (χ4n) is 3.50. The maximum Gasteiger partial charge on any atom is 0.152 e. The van der Waals surface area contributed by atoms with Crippen molar-refractivity contribution in [3.05, 3.63) is 17.8 Å². The lowest BCUT2D eigenvalue weighted by Crippen LogP contribution is -2.59. The highest BCUT2D eigenvalue weighted by atomic mass is 15.3. The molecule has 3 heterocycles. The number of hydrogen-bond donors (Lipinski definition) is 1. The van der Waals surface area contributed by atoms with Crippen LogP contribution in [0.1, 0.15) is 38.2 Å². The van der Waals surface area contributed by atoms with Gasteiger partial charge in [-0.1, -0.05) is 0 Å². The molecule has 0 amide bonds. The Labute approximate surface area is 121 Å². The van der Waals surface area contributed by atoms with Crippen molar-refractivity contribution in [3.63, 3.8) is 0 Å². The molecule has 0 unspecified atom stereocenters. The summed E-state index contributed by atoms with van der Waals surface area (Å²) < 4.78 is 0. The first kappa shape index (κ1) is 12.5. The van der Waals surface area contributed by atoms with E-state index in [9.17, 15) is 0 Å². The Morgan fingerprint density at radius 2 is 2.15 bits per heavy atom. The first-order chi connectivity index (χ1) is 9.72. The molecule has 1 saturated heterocycles. The van der Waals surface area contributed by atoms with Crippen LogP contribution >= 0.6 is 0 Å². The number of nitrogens with zero attached hydrogens (tertiary/aromatic N) is 3.